The lowest BCUT2D eigenvalue weighted by Gasteiger charge is -2.07. The fourth-order valence-electron chi connectivity index (χ4n) is 4.89. The van der Waals surface area contributed by atoms with Crippen LogP contribution < -0.4 is 16.4 Å². The molecule has 2 aliphatic heterocycles. The molecule has 0 spiro atoms. The molecule has 10 nitrogen and oxygen atoms in total. The topological polar surface area (TPSA) is 159 Å². The Balaban J connectivity index is 1.40. The lowest BCUT2D eigenvalue weighted by atomic mass is 10.0. The number of rotatable bonds is 9. The number of ketones is 1. The number of nitrogens with one attached hydrogen (secondary N) is 4. The summed E-state index contributed by atoms with van der Waals surface area (Å²) in [5.41, 5.74) is 13.1. The Labute approximate surface area is 225 Å². The second-order valence-electron chi connectivity index (χ2n) is 9.81. The van der Waals surface area contributed by atoms with Crippen molar-refractivity contribution in [3.05, 3.63) is 70.8 Å². The number of fused-ring (bicyclic) bond motifs is 8. The molecule has 0 aromatic carbocycles. The van der Waals surface area contributed by atoms with Gasteiger partial charge in [0.25, 0.3) is 0 Å². The van der Waals surface area contributed by atoms with Crippen LogP contribution in [0.2, 0.25) is 0 Å². The molecule has 6 N–H and O–H groups in total. The van der Waals surface area contributed by atoms with Crippen molar-refractivity contribution in [2.45, 2.75) is 44.9 Å². The molecule has 2 amide bonds. The summed E-state index contributed by atoms with van der Waals surface area (Å²) in [4.78, 5) is 53.6. The van der Waals surface area contributed by atoms with Gasteiger partial charge >= 0.3 is 0 Å². The molecule has 0 unspecified atom stereocenters. The minimum atomic E-state index is -0.227. The van der Waals surface area contributed by atoms with Crippen LogP contribution in [0.15, 0.2) is 42.5 Å². The first kappa shape index (κ1) is 26.3. The van der Waals surface area contributed by atoms with E-state index in [1.54, 1.807) is 0 Å². The summed E-state index contributed by atoms with van der Waals surface area (Å²) in [6, 6.07) is 14.0. The highest BCUT2D eigenvalue weighted by Crippen LogP contribution is 2.22. The van der Waals surface area contributed by atoms with E-state index in [1.165, 1.54) is 0 Å². The third kappa shape index (κ3) is 6.77. The molecular weight excluding hydrogens is 494 g/mol. The van der Waals surface area contributed by atoms with E-state index in [1.807, 2.05) is 36.4 Å². The minimum Gasteiger partial charge on any atom is -0.356 e. The highest BCUT2D eigenvalue weighted by Gasteiger charge is 2.19. The molecular formula is C29H33N7O3. The molecule has 10 heteroatoms. The summed E-state index contributed by atoms with van der Waals surface area (Å²) in [7, 11) is 0. The molecule has 0 radical (unpaired) electrons. The number of nitrogens with zero attached hydrogens (tertiary/aromatic N) is 2. The zero-order chi connectivity index (χ0) is 27.2. The Hall–Kier alpha value is -4.31. The first-order chi connectivity index (χ1) is 19.0. The maximum atomic E-state index is 13.5. The zero-order valence-corrected chi connectivity index (χ0v) is 21.8. The van der Waals surface area contributed by atoms with Gasteiger partial charge in [-0.2, -0.15) is 0 Å². The average Bonchev–Trinajstić information content (AvgIpc) is 3.70. The van der Waals surface area contributed by atoms with E-state index in [2.05, 4.69) is 26.7 Å². The van der Waals surface area contributed by atoms with Gasteiger partial charge in [-0.25, -0.2) is 0 Å². The van der Waals surface area contributed by atoms with E-state index >= 15 is 0 Å². The lowest BCUT2D eigenvalue weighted by molar-refractivity contribution is -0.122. The number of nitrogens with two attached hydrogens (primary N) is 1. The van der Waals surface area contributed by atoms with Crippen LogP contribution in [-0.4, -0.2) is 57.2 Å². The molecule has 3 aromatic rings. The summed E-state index contributed by atoms with van der Waals surface area (Å²) in [6.45, 7) is 0.696. The van der Waals surface area contributed by atoms with Gasteiger partial charge in [0.2, 0.25) is 11.8 Å². The van der Waals surface area contributed by atoms with Crippen LogP contribution in [0.3, 0.4) is 0 Å². The molecule has 3 aromatic heterocycles. The van der Waals surface area contributed by atoms with E-state index < -0.39 is 0 Å². The molecule has 0 saturated carbocycles. The number of amides is 2. The van der Waals surface area contributed by atoms with Crippen LogP contribution in [0.5, 0.6) is 0 Å². The Morgan fingerprint density at radius 3 is 1.97 bits per heavy atom. The van der Waals surface area contributed by atoms with Crippen LogP contribution in [-0.2, 0) is 35.3 Å². The average molecular weight is 528 g/mol. The normalized spacial score (nSPS) is 12.7. The summed E-state index contributed by atoms with van der Waals surface area (Å²) >= 11 is 0. The van der Waals surface area contributed by atoms with E-state index in [4.69, 9.17) is 15.7 Å². The van der Waals surface area contributed by atoms with Crippen molar-refractivity contribution in [2.24, 2.45) is 5.73 Å². The van der Waals surface area contributed by atoms with Gasteiger partial charge < -0.3 is 26.3 Å². The minimum absolute atomic E-state index is 0.0911. The molecule has 5 heterocycles. The third-order valence-electron chi connectivity index (χ3n) is 6.78. The van der Waals surface area contributed by atoms with Crippen molar-refractivity contribution in [1.29, 1.82) is 0 Å². The summed E-state index contributed by atoms with van der Waals surface area (Å²) in [5, 5.41) is 5.43. The number of carbonyl (C=O) groups excluding carboxylic acids is 3. The van der Waals surface area contributed by atoms with Crippen LogP contribution >= 0.6 is 0 Å². The van der Waals surface area contributed by atoms with Crippen molar-refractivity contribution in [3.63, 3.8) is 0 Å². The first-order valence-electron chi connectivity index (χ1n) is 13.4. The molecule has 202 valence electrons. The van der Waals surface area contributed by atoms with E-state index in [0.717, 1.165) is 58.6 Å². The van der Waals surface area contributed by atoms with Gasteiger partial charge in [0.15, 0.2) is 5.78 Å². The van der Waals surface area contributed by atoms with E-state index in [-0.39, 0.29) is 56.5 Å². The predicted octanol–water partition coefficient (Wildman–Crippen LogP) is 2.43. The maximum absolute atomic E-state index is 13.5. The summed E-state index contributed by atoms with van der Waals surface area (Å²) < 4.78 is 0. The first-order valence-corrected chi connectivity index (χ1v) is 13.4. The zero-order valence-electron chi connectivity index (χ0n) is 21.8. The standard InChI is InChI=1S/C29H33N7O3/c30-12-9-27(38)32-14-11-28(39)31-13-10-26(37)29-24-7-5-22(35-24)16-20-3-1-18(33-20)15-19-2-4-21(34-19)17-23-6-8-25(29)36-23/h1,3,6,8,15-17,33,36H,2,4-5,7,9-14,30H2,(H,31,39)(H,32,38). The van der Waals surface area contributed by atoms with Gasteiger partial charge in [-0.1, -0.05) is 0 Å². The fourth-order valence-corrected chi connectivity index (χ4v) is 4.89. The van der Waals surface area contributed by atoms with Crippen LogP contribution in [0, 0.1) is 0 Å². The van der Waals surface area contributed by atoms with Gasteiger partial charge in [0.05, 0.1) is 16.8 Å². The number of aromatic amines is 2. The van der Waals surface area contributed by atoms with Gasteiger partial charge in [0.1, 0.15) is 0 Å². The molecule has 0 atom stereocenters. The number of carbonyl (C=O) groups is 3. The van der Waals surface area contributed by atoms with Gasteiger partial charge in [-0.05, 0) is 68.1 Å². The summed E-state index contributed by atoms with van der Waals surface area (Å²) in [5.74, 6) is -0.499. The molecule has 2 aliphatic rings. The lowest BCUT2D eigenvalue weighted by Crippen LogP contribution is -2.32. The monoisotopic (exact) mass is 527 g/mol. The number of Topliss-reactive ketones (excluding diaryl/α,β-unsaturated/α-hetero) is 1. The van der Waals surface area contributed by atoms with Crippen molar-refractivity contribution in [2.75, 3.05) is 19.6 Å². The van der Waals surface area contributed by atoms with Crippen molar-refractivity contribution >= 4 is 39.7 Å². The van der Waals surface area contributed by atoms with Crippen molar-refractivity contribution in [3.8, 4) is 0 Å². The third-order valence-corrected chi connectivity index (χ3v) is 6.78. The molecule has 0 aliphatic carbocycles. The quantitative estimate of drug-likeness (QED) is 0.269. The molecule has 8 bridgehead atoms. The van der Waals surface area contributed by atoms with Crippen LogP contribution in [0.25, 0.3) is 22.1 Å². The number of aryl methyl sites for hydroxylation is 4. The Bertz CT molecular complexity index is 1550. The van der Waals surface area contributed by atoms with E-state index in [0.29, 0.717) is 17.5 Å². The highest BCUT2D eigenvalue weighted by atomic mass is 16.2. The number of aromatic nitrogens is 4. The second kappa shape index (κ2) is 12.0. The second-order valence-corrected chi connectivity index (χ2v) is 9.81. The predicted molar refractivity (Wildman–Crippen MR) is 149 cm³/mol. The van der Waals surface area contributed by atoms with Crippen LogP contribution in [0.1, 0.15) is 52.4 Å². The van der Waals surface area contributed by atoms with Crippen molar-refractivity contribution in [1.82, 2.24) is 30.6 Å². The molecule has 0 saturated heterocycles. The number of hydrogen-bond acceptors (Lipinski definition) is 6. The fraction of sp³-hybridized carbons (Fsp3) is 0.345. The number of H-pyrrole nitrogens is 2. The van der Waals surface area contributed by atoms with E-state index in [9.17, 15) is 14.4 Å². The maximum Gasteiger partial charge on any atom is 0.221 e. The van der Waals surface area contributed by atoms with Gasteiger partial charge in [-0.3, -0.25) is 24.4 Å². The number of hydrogen-bond donors (Lipinski definition) is 5. The Kier molecular flexibility index (Phi) is 8.12. The van der Waals surface area contributed by atoms with Crippen molar-refractivity contribution < 1.29 is 14.4 Å². The Morgan fingerprint density at radius 1 is 0.718 bits per heavy atom. The molecule has 0 fully saturated rings. The van der Waals surface area contributed by atoms with Gasteiger partial charge in [0, 0.05) is 72.5 Å². The summed E-state index contributed by atoms with van der Waals surface area (Å²) in [6.07, 6.45) is 3.63. The smallest absolute Gasteiger partial charge is 0.221 e. The molecule has 5 rings (SSSR count). The Morgan fingerprint density at radius 2 is 1.28 bits per heavy atom. The SMILES string of the molecule is NCCC(=O)NCCC(=O)NCCC(=O)c1c2nc(cc3ccc(cc4nc(cc5ccc1[nH]5)CC4)[nH]3)CC2. The largest absolute Gasteiger partial charge is 0.356 e. The highest BCUT2D eigenvalue weighted by molar-refractivity contribution is 6.03. The van der Waals surface area contributed by atoms with Crippen LogP contribution in [0.4, 0.5) is 0 Å². The molecule has 39 heavy (non-hydrogen) atoms. The van der Waals surface area contributed by atoms with Gasteiger partial charge in [-0.15, -0.1) is 0 Å².